The van der Waals surface area contributed by atoms with Gasteiger partial charge in [-0.25, -0.2) is 4.68 Å². The van der Waals surface area contributed by atoms with Crippen molar-refractivity contribution in [3.05, 3.63) is 59.4 Å². The Morgan fingerprint density at radius 3 is 2.50 bits per heavy atom. The number of carbonyl (C=O) groups is 1. The predicted octanol–water partition coefficient (Wildman–Crippen LogP) is 3.27. The van der Waals surface area contributed by atoms with Gasteiger partial charge in [-0.1, -0.05) is 12.1 Å². The molecule has 3 rings (SSSR count). The average Bonchev–Trinajstić information content (AvgIpc) is 3.12. The van der Waals surface area contributed by atoms with Gasteiger partial charge >= 0.3 is 6.18 Å². The minimum absolute atomic E-state index is 0.139. The second kappa shape index (κ2) is 7.29. The molecule has 2 aromatic heterocycles. The largest absolute Gasteiger partial charge is 0.480 e. The molecular formula is C18H16F3N5O2. The number of rotatable bonds is 4. The molecule has 1 aromatic carbocycles. The molecule has 0 atom stereocenters. The zero-order valence-electron chi connectivity index (χ0n) is 15.2. The number of halogens is 3. The van der Waals surface area contributed by atoms with Gasteiger partial charge in [0.05, 0.1) is 18.9 Å². The highest BCUT2D eigenvalue weighted by molar-refractivity contribution is 6.06. The highest BCUT2D eigenvalue weighted by atomic mass is 19.4. The highest BCUT2D eigenvalue weighted by Gasteiger charge is 2.41. The van der Waals surface area contributed by atoms with Crippen LogP contribution in [-0.4, -0.2) is 40.0 Å². The van der Waals surface area contributed by atoms with Crippen molar-refractivity contribution in [2.24, 2.45) is 0 Å². The minimum Gasteiger partial charge on any atom is -0.480 e. The van der Waals surface area contributed by atoms with Gasteiger partial charge in [0.2, 0.25) is 5.88 Å². The van der Waals surface area contributed by atoms with Gasteiger partial charge in [-0.3, -0.25) is 4.79 Å². The number of ether oxygens (including phenoxy) is 1. The zero-order chi connectivity index (χ0) is 20.5. The van der Waals surface area contributed by atoms with Crippen molar-refractivity contribution in [2.75, 3.05) is 19.1 Å². The number of aryl methyl sites for hydroxylation is 1. The summed E-state index contributed by atoms with van der Waals surface area (Å²) in [5.74, 6) is -0.893. The summed E-state index contributed by atoms with van der Waals surface area (Å²) in [6.07, 6.45) is -3.96. The van der Waals surface area contributed by atoms with Crippen LogP contribution in [0.15, 0.2) is 42.6 Å². The maximum Gasteiger partial charge on any atom is 0.434 e. The molecule has 0 aliphatic rings. The topological polar surface area (TPSA) is 73.1 Å². The normalized spacial score (nSPS) is 11.4. The van der Waals surface area contributed by atoms with E-state index in [4.69, 9.17) is 4.74 Å². The van der Waals surface area contributed by atoms with Crippen molar-refractivity contribution in [1.29, 1.82) is 0 Å². The highest BCUT2D eigenvalue weighted by Crippen LogP contribution is 2.34. The first-order valence-corrected chi connectivity index (χ1v) is 8.10. The van der Waals surface area contributed by atoms with Crippen LogP contribution >= 0.6 is 0 Å². The third-order valence-corrected chi connectivity index (χ3v) is 4.01. The molecule has 3 aromatic rings. The molecule has 1 amide bonds. The molecule has 146 valence electrons. The van der Waals surface area contributed by atoms with Gasteiger partial charge in [0.25, 0.3) is 5.91 Å². The lowest BCUT2D eigenvalue weighted by atomic mass is 10.1. The van der Waals surface area contributed by atoms with Crippen LogP contribution < -0.4 is 9.64 Å². The number of aromatic nitrogens is 4. The summed E-state index contributed by atoms with van der Waals surface area (Å²) in [4.78, 5) is 13.9. The number of methoxy groups -OCH3 is 1. The van der Waals surface area contributed by atoms with Crippen LogP contribution in [-0.2, 0) is 6.18 Å². The van der Waals surface area contributed by atoms with Gasteiger partial charge in [0.15, 0.2) is 11.5 Å². The first-order chi connectivity index (χ1) is 13.2. The molecule has 0 saturated heterocycles. The van der Waals surface area contributed by atoms with Crippen molar-refractivity contribution >= 4 is 11.6 Å². The van der Waals surface area contributed by atoms with Crippen molar-refractivity contribution in [3.8, 4) is 11.7 Å². The third kappa shape index (κ3) is 3.66. The molecule has 0 aliphatic carbocycles. The third-order valence-electron chi connectivity index (χ3n) is 4.01. The number of hydrogen-bond donors (Lipinski definition) is 0. The number of alkyl halides is 3. The van der Waals surface area contributed by atoms with Gasteiger partial charge in [-0.2, -0.15) is 18.3 Å². The Labute approximate surface area is 158 Å². The summed E-state index contributed by atoms with van der Waals surface area (Å²) in [6.45, 7) is 1.82. The molecule has 0 spiro atoms. The van der Waals surface area contributed by atoms with Crippen molar-refractivity contribution < 1.29 is 22.7 Å². The molecule has 0 unspecified atom stereocenters. The van der Waals surface area contributed by atoms with Crippen molar-refractivity contribution in [1.82, 2.24) is 20.0 Å². The predicted molar refractivity (Wildman–Crippen MR) is 94.6 cm³/mol. The smallest absolute Gasteiger partial charge is 0.434 e. The Balaban J connectivity index is 2.06. The van der Waals surface area contributed by atoms with E-state index in [0.29, 0.717) is 10.4 Å². The lowest BCUT2D eigenvalue weighted by molar-refractivity contribution is -0.143. The van der Waals surface area contributed by atoms with E-state index < -0.39 is 23.3 Å². The van der Waals surface area contributed by atoms with Gasteiger partial charge < -0.3 is 9.64 Å². The van der Waals surface area contributed by atoms with E-state index in [-0.39, 0.29) is 11.7 Å². The van der Waals surface area contributed by atoms with Crippen molar-refractivity contribution in [3.63, 3.8) is 0 Å². The molecular weight excluding hydrogens is 375 g/mol. The maximum atomic E-state index is 13.8. The monoisotopic (exact) mass is 391 g/mol. The Kier molecular flexibility index (Phi) is 5.04. The molecule has 0 radical (unpaired) electrons. The molecule has 0 aliphatic heterocycles. The SMILES string of the molecule is COc1ccc(-n2ncc(C(=O)N(C)c3cccc(C)c3)c2C(F)(F)F)nn1. The molecule has 10 heteroatoms. The summed E-state index contributed by atoms with van der Waals surface area (Å²) >= 11 is 0. The quantitative estimate of drug-likeness (QED) is 0.683. The van der Waals surface area contributed by atoms with Gasteiger partial charge in [0.1, 0.15) is 0 Å². The zero-order valence-corrected chi connectivity index (χ0v) is 15.2. The minimum atomic E-state index is -4.84. The summed E-state index contributed by atoms with van der Waals surface area (Å²) < 4.78 is 46.7. The number of amides is 1. The van der Waals surface area contributed by atoms with Gasteiger partial charge in [-0.05, 0) is 30.7 Å². The van der Waals surface area contributed by atoms with Gasteiger partial charge in [0, 0.05) is 18.8 Å². The van der Waals surface area contributed by atoms with E-state index in [1.54, 1.807) is 18.2 Å². The van der Waals surface area contributed by atoms with Crippen molar-refractivity contribution in [2.45, 2.75) is 13.1 Å². The lowest BCUT2D eigenvalue weighted by Crippen LogP contribution is -2.29. The van der Waals surface area contributed by atoms with E-state index in [0.717, 1.165) is 16.7 Å². The average molecular weight is 391 g/mol. The first-order valence-electron chi connectivity index (χ1n) is 8.10. The molecule has 0 fully saturated rings. The van der Waals surface area contributed by atoms with Crippen LogP contribution in [0.3, 0.4) is 0 Å². The molecule has 0 saturated carbocycles. The number of hydrogen-bond acceptors (Lipinski definition) is 5. The van der Waals surface area contributed by atoms with E-state index in [1.165, 1.54) is 26.3 Å². The fourth-order valence-electron chi connectivity index (χ4n) is 2.62. The number of anilines is 1. The van der Waals surface area contributed by atoms with Crippen LogP contribution in [0.2, 0.25) is 0 Å². The van der Waals surface area contributed by atoms with Gasteiger partial charge in [-0.15, -0.1) is 10.2 Å². The van der Waals surface area contributed by atoms with Crippen LogP contribution in [0.4, 0.5) is 18.9 Å². The second-order valence-electron chi connectivity index (χ2n) is 5.95. The summed E-state index contributed by atoms with van der Waals surface area (Å²) in [5.41, 5.74) is -0.474. The van der Waals surface area contributed by atoms with Crippen LogP contribution in [0.5, 0.6) is 5.88 Å². The standard InChI is InChI=1S/C18H16F3N5O2/c1-11-5-4-6-12(9-11)25(2)17(27)13-10-22-26(16(13)18(19,20)21)14-7-8-15(28-3)24-23-14/h4-10H,1-3H3. The molecule has 7 nitrogen and oxygen atoms in total. The molecule has 2 heterocycles. The van der Waals surface area contributed by atoms with E-state index >= 15 is 0 Å². The lowest BCUT2D eigenvalue weighted by Gasteiger charge is -2.19. The number of nitrogens with zero attached hydrogens (tertiary/aromatic N) is 5. The molecule has 0 N–H and O–H groups in total. The summed E-state index contributed by atoms with van der Waals surface area (Å²) in [5, 5.41) is 11.1. The Hall–Kier alpha value is -3.43. The number of benzene rings is 1. The Morgan fingerprint density at radius 2 is 1.93 bits per heavy atom. The second-order valence-corrected chi connectivity index (χ2v) is 5.95. The van der Waals surface area contributed by atoms with E-state index in [9.17, 15) is 18.0 Å². The first kappa shape index (κ1) is 19.3. The summed E-state index contributed by atoms with van der Waals surface area (Å²) in [7, 11) is 2.76. The fourth-order valence-corrected chi connectivity index (χ4v) is 2.62. The maximum absolute atomic E-state index is 13.8. The Bertz CT molecular complexity index is 999. The Morgan fingerprint density at radius 1 is 1.18 bits per heavy atom. The fraction of sp³-hybridized carbons (Fsp3) is 0.222. The van der Waals surface area contributed by atoms with Crippen LogP contribution in [0, 0.1) is 6.92 Å². The summed E-state index contributed by atoms with van der Waals surface area (Å²) in [6, 6.07) is 9.50. The van der Waals surface area contributed by atoms with E-state index in [1.807, 2.05) is 13.0 Å². The molecule has 0 bridgehead atoms. The van der Waals surface area contributed by atoms with Crippen LogP contribution in [0.1, 0.15) is 21.6 Å². The number of carbonyl (C=O) groups excluding carboxylic acids is 1. The van der Waals surface area contributed by atoms with Crippen LogP contribution in [0.25, 0.3) is 5.82 Å². The molecule has 28 heavy (non-hydrogen) atoms. The van der Waals surface area contributed by atoms with E-state index in [2.05, 4.69) is 15.3 Å².